The number of ether oxygens (including phenoxy) is 2. The molecule has 1 aliphatic heterocycles. The fraction of sp³-hybridized carbons (Fsp3) is 0.355. The molecule has 1 atom stereocenters. The summed E-state index contributed by atoms with van der Waals surface area (Å²) in [6, 6.07) is 22.7. The molecule has 8 heteroatoms. The third kappa shape index (κ3) is 5.77. The van der Waals surface area contributed by atoms with Gasteiger partial charge in [-0.3, -0.25) is 0 Å². The van der Waals surface area contributed by atoms with Gasteiger partial charge in [-0.1, -0.05) is 53.6 Å². The van der Waals surface area contributed by atoms with Gasteiger partial charge in [-0.25, -0.2) is 0 Å². The molecule has 8 nitrogen and oxygen atoms in total. The van der Waals surface area contributed by atoms with E-state index < -0.39 is 6.10 Å². The Morgan fingerprint density at radius 1 is 0.949 bits per heavy atom. The number of hydrogen-bond donors (Lipinski definition) is 1. The molecule has 1 fully saturated rings. The van der Waals surface area contributed by atoms with E-state index in [2.05, 4.69) is 57.6 Å². The smallest absolute Gasteiger partial charge is 0.415 e. The maximum absolute atomic E-state index is 10.8. The molecule has 3 heterocycles. The molecule has 5 aromatic rings. The average molecular weight is 528 g/mol. The van der Waals surface area contributed by atoms with Crippen molar-refractivity contribution in [3.05, 3.63) is 72.3 Å². The van der Waals surface area contributed by atoms with Gasteiger partial charge in [0, 0.05) is 12.6 Å². The van der Waals surface area contributed by atoms with E-state index in [1.54, 1.807) is 6.07 Å². The first-order chi connectivity index (χ1) is 19.0. The molecule has 0 spiro atoms. The van der Waals surface area contributed by atoms with Crippen LogP contribution in [-0.4, -0.2) is 58.7 Å². The second-order valence-corrected chi connectivity index (χ2v) is 10.5. The summed E-state index contributed by atoms with van der Waals surface area (Å²) in [7, 11) is 0. The number of fused-ring (bicyclic) bond motifs is 2. The topological polar surface area (TPSA) is 94.0 Å². The van der Waals surface area contributed by atoms with Gasteiger partial charge < -0.3 is 28.3 Å². The van der Waals surface area contributed by atoms with E-state index in [9.17, 15) is 5.11 Å². The van der Waals surface area contributed by atoms with E-state index in [0.29, 0.717) is 29.6 Å². The monoisotopic (exact) mass is 527 g/mol. The average Bonchev–Trinajstić information content (AvgIpc) is 3.59. The summed E-state index contributed by atoms with van der Waals surface area (Å²) in [4.78, 5) is 2.33. The molecule has 1 N–H and O–H groups in total. The van der Waals surface area contributed by atoms with E-state index in [4.69, 9.17) is 18.3 Å². The fourth-order valence-corrected chi connectivity index (χ4v) is 5.27. The molecular formula is C31H33N3O5. The van der Waals surface area contributed by atoms with Crippen molar-refractivity contribution in [2.24, 2.45) is 0 Å². The predicted molar refractivity (Wildman–Crippen MR) is 149 cm³/mol. The highest BCUT2D eigenvalue weighted by atomic mass is 16.6. The Kier molecular flexibility index (Phi) is 7.22. The van der Waals surface area contributed by atoms with Gasteiger partial charge in [0.25, 0.3) is 5.89 Å². The van der Waals surface area contributed by atoms with Crippen molar-refractivity contribution in [2.75, 3.05) is 26.2 Å². The van der Waals surface area contributed by atoms with Crippen molar-refractivity contribution in [3.8, 4) is 23.5 Å². The number of likely N-dealkylation sites (tertiary alicyclic amines) is 1. The van der Waals surface area contributed by atoms with Gasteiger partial charge in [-0.05, 0) is 74.2 Å². The highest BCUT2D eigenvalue weighted by Crippen LogP contribution is 2.34. The van der Waals surface area contributed by atoms with E-state index in [1.165, 1.54) is 16.3 Å². The van der Waals surface area contributed by atoms with Crippen molar-refractivity contribution in [2.45, 2.75) is 44.8 Å². The van der Waals surface area contributed by atoms with E-state index >= 15 is 0 Å². The summed E-state index contributed by atoms with van der Waals surface area (Å²) in [6.45, 7) is 6.47. The van der Waals surface area contributed by atoms with Crippen LogP contribution in [0.3, 0.4) is 0 Å². The van der Waals surface area contributed by atoms with Gasteiger partial charge >= 0.3 is 6.08 Å². The summed E-state index contributed by atoms with van der Waals surface area (Å²) in [5.74, 6) is 1.86. The van der Waals surface area contributed by atoms with Crippen LogP contribution in [0.4, 0.5) is 0 Å². The number of hydrogen-bond acceptors (Lipinski definition) is 8. The summed E-state index contributed by atoms with van der Waals surface area (Å²) < 4.78 is 23.0. The summed E-state index contributed by atoms with van der Waals surface area (Å²) in [5, 5.41) is 22.0. The number of nitrogens with zero attached hydrogens (tertiary/aromatic N) is 3. The van der Waals surface area contributed by atoms with Crippen LogP contribution in [0, 0.1) is 0 Å². The van der Waals surface area contributed by atoms with Crippen molar-refractivity contribution in [1.29, 1.82) is 0 Å². The number of β-amino-alcohol motifs (C(OH)–C–C–N with tert-alkyl or cyclic N) is 1. The lowest BCUT2D eigenvalue weighted by Crippen LogP contribution is -2.40. The van der Waals surface area contributed by atoms with Gasteiger partial charge in [-0.15, -0.1) is 5.10 Å². The van der Waals surface area contributed by atoms with Gasteiger partial charge in [0.15, 0.2) is 5.76 Å². The predicted octanol–water partition coefficient (Wildman–Crippen LogP) is 6.04. The maximum atomic E-state index is 10.8. The zero-order valence-corrected chi connectivity index (χ0v) is 22.2. The molecular weight excluding hydrogens is 494 g/mol. The molecule has 0 radical (unpaired) electrons. The minimum atomic E-state index is -0.601. The number of rotatable bonds is 9. The van der Waals surface area contributed by atoms with Crippen LogP contribution in [0.25, 0.3) is 33.4 Å². The molecule has 0 unspecified atom stereocenters. The van der Waals surface area contributed by atoms with Crippen molar-refractivity contribution in [1.82, 2.24) is 15.1 Å². The lowest BCUT2D eigenvalue weighted by Gasteiger charge is -2.33. The number of piperidine rings is 1. The molecule has 2 aromatic heterocycles. The van der Waals surface area contributed by atoms with Gasteiger partial charge in [0.2, 0.25) is 0 Å². The van der Waals surface area contributed by atoms with Crippen LogP contribution in [0.2, 0.25) is 0 Å². The summed E-state index contributed by atoms with van der Waals surface area (Å²) in [5.41, 5.74) is 2.05. The van der Waals surface area contributed by atoms with E-state index in [1.807, 2.05) is 32.0 Å². The zero-order valence-electron chi connectivity index (χ0n) is 22.2. The largest absolute Gasteiger partial charge is 0.490 e. The molecule has 0 bridgehead atoms. The van der Waals surface area contributed by atoms with Crippen LogP contribution < -0.4 is 9.47 Å². The quantitative estimate of drug-likeness (QED) is 0.248. The Balaban J connectivity index is 1.03. The highest BCUT2D eigenvalue weighted by molar-refractivity contribution is 5.87. The number of benzene rings is 3. The summed E-state index contributed by atoms with van der Waals surface area (Å²) in [6.07, 6.45) is 1.60. The number of aromatic nitrogens is 2. The van der Waals surface area contributed by atoms with Gasteiger partial charge in [-0.2, -0.15) is 0 Å². The van der Waals surface area contributed by atoms with Crippen molar-refractivity contribution >= 4 is 21.7 Å². The zero-order chi connectivity index (χ0) is 26.8. The second kappa shape index (κ2) is 11.1. The van der Waals surface area contributed by atoms with Crippen molar-refractivity contribution < 1.29 is 23.4 Å². The molecule has 6 rings (SSSR count). The van der Waals surface area contributed by atoms with E-state index in [0.717, 1.165) is 31.3 Å². The minimum absolute atomic E-state index is 0.0728. The van der Waals surface area contributed by atoms with Crippen LogP contribution in [-0.2, 0) is 0 Å². The molecule has 0 amide bonds. The number of aliphatic hydroxyl groups is 1. The maximum Gasteiger partial charge on any atom is 0.415 e. The Morgan fingerprint density at radius 2 is 1.77 bits per heavy atom. The molecule has 1 aliphatic rings. The van der Waals surface area contributed by atoms with Crippen LogP contribution in [0.1, 0.15) is 38.2 Å². The molecule has 39 heavy (non-hydrogen) atoms. The lowest BCUT2D eigenvalue weighted by atomic mass is 9.88. The van der Waals surface area contributed by atoms with Crippen LogP contribution in [0.15, 0.2) is 75.6 Å². The third-order valence-electron chi connectivity index (χ3n) is 7.21. The standard InChI is InChI=1S/C31H33N3O5/c1-20(2)37-31-33-32-30(39-31)29-17-26-27(8-5-9-28(26)38-29)36-19-25(35)18-34-14-12-22(13-15-34)24-11-10-21-6-3-4-7-23(21)16-24/h3-11,16-17,20,22,25,35H,12-15,18-19H2,1-2H3/t25-/m0/s1. The molecule has 1 saturated heterocycles. The number of aliphatic hydroxyl groups excluding tert-OH is 1. The van der Waals surface area contributed by atoms with Gasteiger partial charge in [0.05, 0.1) is 11.5 Å². The Labute approximate surface area is 227 Å². The van der Waals surface area contributed by atoms with Crippen LogP contribution in [0.5, 0.6) is 11.8 Å². The molecule has 3 aromatic carbocycles. The number of furan rings is 1. The van der Waals surface area contributed by atoms with E-state index in [-0.39, 0.29) is 24.7 Å². The lowest BCUT2D eigenvalue weighted by molar-refractivity contribution is 0.0599. The normalized spacial score (nSPS) is 15.8. The molecule has 0 aliphatic carbocycles. The van der Waals surface area contributed by atoms with Crippen molar-refractivity contribution in [3.63, 3.8) is 0 Å². The Hall–Kier alpha value is -3.88. The first-order valence-electron chi connectivity index (χ1n) is 13.6. The summed E-state index contributed by atoms with van der Waals surface area (Å²) >= 11 is 0. The van der Waals surface area contributed by atoms with Crippen LogP contribution >= 0.6 is 0 Å². The molecule has 0 saturated carbocycles. The highest BCUT2D eigenvalue weighted by Gasteiger charge is 2.23. The Bertz CT molecular complexity index is 1550. The fourth-order valence-electron chi connectivity index (χ4n) is 5.27. The second-order valence-electron chi connectivity index (χ2n) is 10.5. The molecule has 202 valence electrons. The first kappa shape index (κ1) is 25.4. The third-order valence-corrected chi connectivity index (χ3v) is 7.21. The first-order valence-corrected chi connectivity index (χ1v) is 13.6. The Morgan fingerprint density at radius 3 is 2.59 bits per heavy atom. The SMILES string of the molecule is CC(C)Oc1nnc(-c2cc3c(OC[C@@H](O)CN4CCC(c5ccc6ccccc6c5)CC4)cccc3o2)o1. The minimum Gasteiger partial charge on any atom is -0.490 e. The van der Waals surface area contributed by atoms with Gasteiger partial charge in [0.1, 0.15) is 24.0 Å².